The minimum atomic E-state index is -0.904. The van der Waals surface area contributed by atoms with Gasteiger partial charge in [-0.2, -0.15) is 0 Å². The molecule has 6 nitrogen and oxygen atoms in total. The minimum Gasteiger partial charge on any atom is -0.481 e. The van der Waals surface area contributed by atoms with Gasteiger partial charge in [-0.3, -0.25) is 9.78 Å². The molecule has 0 saturated carbocycles. The standard InChI is InChI=1S/C18H16ClFN4O2/c1-11-9-13(7-8-21-11)24-12(5-6-17(25)26)10-16(23-24)22-15-4-2-3-14(19)18(15)20/h2-4,7-10H,5-6H2,1H3,(H,22,23)(H,25,26). The topological polar surface area (TPSA) is 80.0 Å². The number of nitrogens with zero attached hydrogens (tertiary/aromatic N) is 3. The quantitative estimate of drug-likeness (QED) is 0.678. The van der Waals surface area contributed by atoms with E-state index in [-0.39, 0.29) is 23.6 Å². The number of anilines is 2. The van der Waals surface area contributed by atoms with Crippen LogP contribution in [0.1, 0.15) is 17.8 Å². The van der Waals surface area contributed by atoms with Crippen LogP contribution in [0.15, 0.2) is 42.6 Å². The maximum absolute atomic E-state index is 14.1. The molecule has 0 radical (unpaired) electrons. The van der Waals surface area contributed by atoms with Gasteiger partial charge in [-0.15, -0.1) is 5.10 Å². The highest BCUT2D eigenvalue weighted by Crippen LogP contribution is 2.26. The zero-order valence-electron chi connectivity index (χ0n) is 13.9. The number of aryl methyl sites for hydroxylation is 2. The molecule has 0 amide bonds. The highest BCUT2D eigenvalue weighted by molar-refractivity contribution is 6.31. The maximum atomic E-state index is 14.1. The zero-order chi connectivity index (χ0) is 18.7. The Morgan fingerprint density at radius 2 is 2.15 bits per heavy atom. The average molecular weight is 375 g/mol. The van der Waals surface area contributed by atoms with Crippen molar-refractivity contribution in [2.24, 2.45) is 0 Å². The molecule has 0 spiro atoms. The third kappa shape index (κ3) is 4.00. The van der Waals surface area contributed by atoms with Crippen LogP contribution in [-0.4, -0.2) is 25.8 Å². The largest absolute Gasteiger partial charge is 0.481 e. The smallest absolute Gasteiger partial charge is 0.303 e. The summed E-state index contributed by atoms with van der Waals surface area (Å²) >= 11 is 5.80. The first-order valence-electron chi connectivity index (χ1n) is 7.89. The Morgan fingerprint density at radius 3 is 2.88 bits per heavy atom. The van der Waals surface area contributed by atoms with E-state index in [4.69, 9.17) is 16.7 Å². The number of pyridine rings is 1. The second kappa shape index (κ2) is 7.53. The molecular formula is C18H16ClFN4O2. The van der Waals surface area contributed by atoms with Crippen molar-refractivity contribution in [2.75, 3.05) is 5.32 Å². The first-order chi connectivity index (χ1) is 12.4. The molecule has 3 aromatic rings. The van der Waals surface area contributed by atoms with Gasteiger partial charge in [0.25, 0.3) is 0 Å². The molecule has 0 aliphatic heterocycles. The molecule has 2 heterocycles. The van der Waals surface area contributed by atoms with Crippen molar-refractivity contribution in [1.29, 1.82) is 0 Å². The summed E-state index contributed by atoms with van der Waals surface area (Å²) in [7, 11) is 0. The second-order valence-corrected chi connectivity index (χ2v) is 6.12. The third-order valence-corrected chi connectivity index (χ3v) is 4.01. The first kappa shape index (κ1) is 17.9. The van der Waals surface area contributed by atoms with Crippen molar-refractivity contribution < 1.29 is 14.3 Å². The van der Waals surface area contributed by atoms with Gasteiger partial charge >= 0.3 is 5.97 Å². The van der Waals surface area contributed by atoms with E-state index in [1.165, 1.54) is 6.07 Å². The van der Waals surface area contributed by atoms with Crippen LogP contribution in [0.4, 0.5) is 15.9 Å². The van der Waals surface area contributed by atoms with E-state index in [9.17, 15) is 9.18 Å². The molecule has 0 aliphatic carbocycles. The van der Waals surface area contributed by atoms with Gasteiger partial charge in [0.05, 0.1) is 22.8 Å². The Morgan fingerprint density at radius 1 is 1.35 bits per heavy atom. The van der Waals surface area contributed by atoms with Gasteiger partial charge < -0.3 is 10.4 Å². The van der Waals surface area contributed by atoms with E-state index in [0.717, 1.165) is 11.4 Å². The van der Waals surface area contributed by atoms with Crippen molar-refractivity contribution in [2.45, 2.75) is 19.8 Å². The summed E-state index contributed by atoms with van der Waals surface area (Å²) in [6, 6.07) is 9.93. The summed E-state index contributed by atoms with van der Waals surface area (Å²) in [5, 5.41) is 16.3. The summed E-state index contributed by atoms with van der Waals surface area (Å²) in [5.41, 5.74) is 2.43. The minimum absolute atomic E-state index is 0.00490. The zero-order valence-corrected chi connectivity index (χ0v) is 14.7. The van der Waals surface area contributed by atoms with Crippen molar-refractivity contribution >= 4 is 29.1 Å². The fraction of sp³-hybridized carbons (Fsp3) is 0.167. The highest BCUT2D eigenvalue weighted by atomic mass is 35.5. The SMILES string of the molecule is Cc1cc(-n2nc(Nc3cccc(Cl)c3F)cc2CCC(=O)O)ccn1. The Labute approximate surface area is 154 Å². The molecule has 3 rings (SSSR count). The molecule has 2 N–H and O–H groups in total. The van der Waals surface area contributed by atoms with E-state index < -0.39 is 11.8 Å². The monoisotopic (exact) mass is 374 g/mol. The van der Waals surface area contributed by atoms with Crippen molar-refractivity contribution in [3.63, 3.8) is 0 Å². The Balaban J connectivity index is 1.97. The van der Waals surface area contributed by atoms with Gasteiger partial charge in [0, 0.05) is 30.1 Å². The molecule has 0 fully saturated rings. The van der Waals surface area contributed by atoms with Crippen LogP contribution >= 0.6 is 11.6 Å². The van der Waals surface area contributed by atoms with Gasteiger partial charge in [0.2, 0.25) is 0 Å². The van der Waals surface area contributed by atoms with Crippen LogP contribution < -0.4 is 5.32 Å². The number of hydrogen-bond acceptors (Lipinski definition) is 4. The van der Waals surface area contributed by atoms with Crippen LogP contribution in [0, 0.1) is 12.7 Å². The number of halogens is 2. The van der Waals surface area contributed by atoms with Crippen molar-refractivity contribution in [3.05, 3.63) is 64.8 Å². The van der Waals surface area contributed by atoms with Crippen LogP contribution in [-0.2, 0) is 11.2 Å². The average Bonchev–Trinajstić information content (AvgIpc) is 3.00. The number of aromatic nitrogens is 3. The van der Waals surface area contributed by atoms with E-state index in [1.54, 1.807) is 35.1 Å². The van der Waals surface area contributed by atoms with Gasteiger partial charge in [0.15, 0.2) is 11.6 Å². The lowest BCUT2D eigenvalue weighted by Gasteiger charge is -2.07. The summed E-state index contributed by atoms with van der Waals surface area (Å²) in [4.78, 5) is 15.1. The van der Waals surface area contributed by atoms with Crippen molar-refractivity contribution in [1.82, 2.24) is 14.8 Å². The van der Waals surface area contributed by atoms with Crippen LogP contribution in [0.5, 0.6) is 0 Å². The molecule has 26 heavy (non-hydrogen) atoms. The Kier molecular flexibility index (Phi) is 5.18. The highest BCUT2D eigenvalue weighted by Gasteiger charge is 2.14. The molecule has 0 atom stereocenters. The Hall–Kier alpha value is -2.93. The van der Waals surface area contributed by atoms with E-state index >= 15 is 0 Å². The molecular weight excluding hydrogens is 359 g/mol. The predicted molar refractivity (Wildman–Crippen MR) is 96.7 cm³/mol. The molecule has 0 aliphatic rings. The maximum Gasteiger partial charge on any atom is 0.303 e. The van der Waals surface area contributed by atoms with Crippen molar-refractivity contribution in [3.8, 4) is 5.69 Å². The number of hydrogen-bond donors (Lipinski definition) is 2. The number of carbonyl (C=O) groups is 1. The van der Waals surface area contributed by atoms with Crippen LogP contribution in [0.3, 0.4) is 0 Å². The number of benzene rings is 1. The molecule has 8 heteroatoms. The van der Waals surface area contributed by atoms with Gasteiger partial charge in [-0.1, -0.05) is 17.7 Å². The van der Waals surface area contributed by atoms with Gasteiger partial charge in [-0.05, 0) is 31.2 Å². The summed E-state index contributed by atoms with van der Waals surface area (Å²) in [5.74, 6) is -1.09. The predicted octanol–water partition coefficient (Wildman–Crippen LogP) is 4.13. The Bertz CT molecular complexity index is 958. The van der Waals surface area contributed by atoms with Crippen LogP contribution in [0.2, 0.25) is 5.02 Å². The third-order valence-electron chi connectivity index (χ3n) is 3.72. The molecule has 2 aromatic heterocycles. The first-order valence-corrected chi connectivity index (χ1v) is 8.26. The lowest BCUT2D eigenvalue weighted by molar-refractivity contribution is -0.136. The normalized spacial score (nSPS) is 10.7. The summed E-state index contributed by atoms with van der Waals surface area (Å²) in [6.45, 7) is 1.85. The lowest BCUT2D eigenvalue weighted by Crippen LogP contribution is -2.06. The fourth-order valence-electron chi connectivity index (χ4n) is 2.52. The van der Waals surface area contributed by atoms with E-state index in [0.29, 0.717) is 11.5 Å². The molecule has 0 unspecified atom stereocenters. The second-order valence-electron chi connectivity index (χ2n) is 5.71. The molecule has 0 bridgehead atoms. The summed E-state index contributed by atoms with van der Waals surface area (Å²) in [6.07, 6.45) is 1.89. The number of rotatable bonds is 6. The van der Waals surface area contributed by atoms with E-state index in [2.05, 4.69) is 15.4 Å². The van der Waals surface area contributed by atoms with Gasteiger partial charge in [-0.25, -0.2) is 9.07 Å². The van der Waals surface area contributed by atoms with Crippen LogP contribution in [0.25, 0.3) is 5.69 Å². The molecule has 0 saturated heterocycles. The number of carboxylic acids is 1. The number of nitrogens with one attached hydrogen (secondary N) is 1. The van der Waals surface area contributed by atoms with Gasteiger partial charge in [0.1, 0.15) is 0 Å². The number of aliphatic carboxylic acids is 1. The molecule has 1 aromatic carbocycles. The summed E-state index contributed by atoms with van der Waals surface area (Å²) < 4.78 is 15.7. The lowest BCUT2D eigenvalue weighted by atomic mass is 10.2. The molecule has 134 valence electrons. The fourth-order valence-corrected chi connectivity index (χ4v) is 2.69. The van der Waals surface area contributed by atoms with E-state index in [1.807, 2.05) is 13.0 Å². The number of carboxylic acid groups (broad SMARTS) is 1.